The van der Waals surface area contributed by atoms with Gasteiger partial charge >= 0.3 is 0 Å². The van der Waals surface area contributed by atoms with E-state index in [0.29, 0.717) is 5.56 Å². The monoisotopic (exact) mass is 276 g/mol. The van der Waals surface area contributed by atoms with E-state index in [-0.39, 0.29) is 11.3 Å². The molecule has 0 saturated heterocycles. The molecule has 0 fully saturated rings. The molecule has 1 atom stereocenters. The summed E-state index contributed by atoms with van der Waals surface area (Å²) in [5.74, 6) is -1.54. The largest absolute Gasteiger partial charge is 0.396 e. The van der Waals surface area contributed by atoms with Gasteiger partial charge in [0.15, 0.2) is 0 Å². The van der Waals surface area contributed by atoms with E-state index < -0.39 is 23.6 Å². The van der Waals surface area contributed by atoms with Crippen LogP contribution in [0.5, 0.6) is 0 Å². The normalized spacial score (nSPS) is 11.9. The highest BCUT2D eigenvalue weighted by Crippen LogP contribution is 2.17. The van der Waals surface area contributed by atoms with E-state index in [0.717, 1.165) is 6.07 Å². The smallest absolute Gasteiger partial charge is 0.251 e. The number of rotatable bonds is 3. The van der Waals surface area contributed by atoms with Crippen molar-refractivity contribution < 1.29 is 13.6 Å². The Hall–Kier alpha value is -2.43. The van der Waals surface area contributed by atoms with E-state index in [1.54, 1.807) is 25.1 Å². The number of nitrogens with one attached hydrogen (secondary N) is 1. The third kappa shape index (κ3) is 2.93. The molecule has 0 unspecified atom stereocenters. The number of nitrogen functional groups attached to an aromatic ring is 1. The van der Waals surface area contributed by atoms with Gasteiger partial charge in [0.2, 0.25) is 0 Å². The van der Waals surface area contributed by atoms with Crippen LogP contribution in [0.4, 0.5) is 14.5 Å². The van der Waals surface area contributed by atoms with Crippen LogP contribution in [0.15, 0.2) is 42.5 Å². The minimum Gasteiger partial charge on any atom is -0.396 e. The molecule has 20 heavy (non-hydrogen) atoms. The van der Waals surface area contributed by atoms with Gasteiger partial charge in [0.05, 0.1) is 11.7 Å². The summed E-state index contributed by atoms with van der Waals surface area (Å²) in [6, 6.07) is 9.43. The molecule has 0 aliphatic heterocycles. The maximum Gasteiger partial charge on any atom is 0.251 e. The van der Waals surface area contributed by atoms with Crippen molar-refractivity contribution in [2.45, 2.75) is 13.0 Å². The first-order valence-electron chi connectivity index (χ1n) is 6.09. The minimum absolute atomic E-state index is 0.0243. The van der Waals surface area contributed by atoms with Gasteiger partial charge in [-0.25, -0.2) is 8.78 Å². The van der Waals surface area contributed by atoms with Gasteiger partial charge in [-0.1, -0.05) is 18.2 Å². The van der Waals surface area contributed by atoms with Crippen molar-refractivity contribution in [1.82, 2.24) is 5.32 Å². The average molecular weight is 276 g/mol. The van der Waals surface area contributed by atoms with Crippen molar-refractivity contribution >= 4 is 11.6 Å². The topological polar surface area (TPSA) is 55.1 Å². The Morgan fingerprint density at radius 2 is 1.85 bits per heavy atom. The van der Waals surface area contributed by atoms with Gasteiger partial charge in [0, 0.05) is 11.1 Å². The molecular weight excluding hydrogens is 262 g/mol. The van der Waals surface area contributed by atoms with E-state index in [1.165, 1.54) is 18.2 Å². The molecule has 5 heteroatoms. The van der Waals surface area contributed by atoms with Crippen LogP contribution in [-0.2, 0) is 0 Å². The fraction of sp³-hybridized carbons (Fsp3) is 0.133. The number of anilines is 1. The van der Waals surface area contributed by atoms with Crippen molar-refractivity contribution in [3.8, 4) is 0 Å². The molecule has 2 rings (SSSR count). The number of amides is 1. The number of hydrogen-bond acceptors (Lipinski definition) is 2. The summed E-state index contributed by atoms with van der Waals surface area (Å²) in [4.78, 5) is 12.0. The summed E-state index contributed by atoms with van der Waals surface area (Å²) < 4.78 is 26.9. The molecule has 1 amide bonds. The lowest BCUT2D eigenvalue weighted by molar-refractivity contribution is 0.0939. The summed E-state index contributed by atoms with van der Waals surface area (Å²) in [6.07, 6.45) is 0. The minimum atomic E-state index is -0.656. The molecule has 2 aromatic carbocycles. The Bertz CT molecular complexity index is 644. The fourth-order valence-electron chi connectivity index (χ4n) is 1.85. The molecule has 0 heterocycles. The maximum atomic E-state index is 13.6. The van der Waals surface area contributed by atoms with Gasteiger partial charge in [-0.15, -0.1) is 0 Å². The highest BCUT2D eigenvalue weighted by molar-refractivity contribution is 5.94. The van der Waals surface area contributed by atoms with Crippen molar-refractivity contribution in [2.24, 2.45) is 0 Å². The maximum absolute atomic E-state index is 13.6. The number of benzene rings is 2. The lowest BCUT2D eigenvalue weighted by Gasteiger charge is -2.15. The summed E-state index contributed by atoms with van der Waals surface area (Å²) in [6.45, 7) is 1.66. The molecule has 0 bridgehead atoms. The molecule has 104 valence electrons. The molecule has 0 spiro atoms. The summed E-state index contributed by atoms with van der Waals surface area (Å²) in [5.41, 5.74) is 5.83. The summed E-state index contributed by atoms with van der Waals surface area (Å²) in [5, 5.41) is 2.61. The first-order valence-corrected chi connectivity index (χ1v) is 6.09. The van der Waals surface area contributed by atoms with E-state index in [4.69, 9.17) is 5.73 Å². The van der Waals surface area contributed by atoms with Crippen molar-refractivity contribution in [1.29, 1.82) is 0 Å². The number of carbonyl (C=O) groups excluding carboxylic acids is 1. The van der Waals surface area contributed by atoms with Crippen molar-refractivity contribution in [2.75, 3.05) is 5.73 Å². The molecular formula is C15H14F2N2O. The van der Waals surface area contributed by atoms with Crippen LogP contribution in [0.25, 0.3) is 0 Å². The number of halogens is 2. The Balaban J connectivity index is 2.15. The van der Waals surface area contributed by atoms with Crippen molar-refractivity contribution in [3.63, 3.8) is 0 Å². The van der Waals surface area contributed by atoms with E-state index in [9.17, 15) is 13.6 Å². The van der Waals surface area contributed by atoms with Crippen LogP contribution < -0.4 is 11.1 Å². The fourth-order valence-corrected chi connectivity index (χ4v) is 1.85. The lowest BCUT2D eigenvalue weighted by Crippen LogP contribution is -2.27. The van der Waals surface area contributed by atoms with E-state index >= 15 is 0 Å². The number of hydrogen-bond donors (Lipinski definition) is 2. The van der Waals surface area contributed by atoms with E-state index in [1.807, 2.05) is 0 Å². The molecule has 3 nitrogen and oxygen atoms in total. The molecule has 0 aromatic heterocycles. The second kappa shape index (κ2) is 5.69. The van der Waals surface area contributed by atoms with Gasteiger partial charge in [0.25, 0.3) is 5.91 Å². The first kappa shape index (κ1) is 14.0. The number of carbonyl (C=O) groups is 1. The third-order valence-corrected chi connectivity index (χ3v) is 2.98. The summed E-state index contributed by atoms with van der Waals surface area (Å²) >= 11 is 0. The predicted molar refractivity (Wildman–Crippen MR) is 73.1 cm³/mol. The third-order valence-electron chi connectivity index (χ3n) is 2.98. The predicted octanol–water partition coefficient (Wildman–Crippen LogP) is 3.04. The summed E-state index contributed by atoms with van der Waals surface area (Å²) in [7, 11) is 0. The van der Waals surface area contributed by atoms with E-state index in [2.05, 4.69) is 5.32 Å². The highest BCUT2D eigenvalue weighted by Gasteiger charge is 2.15. The second-order valence-corrected chi connectivity index (χ2v) is 4.45. The highest BCUT2D eigenvalue weighted by atomic mass is 19.1. The average Bonchev–Trinajstić information content (AvgIpc) is 2.42. The first-order chi connectivity index (χ1) is 9.49. The van der Waals surface area contributed by atoms with Crippen LogP contribution in [0.1, 0.15) is 28.9 Å². The lowest BCUT2D eigenvalue weighted by atomic mass is 10.1. The van der Waals surface area contributed by atoms with Gasteiger partial charge in [-0.05, 0) is 31.2 Å². The van der Waals surface area contributed by atoms with Crippen LogP contribution >= 0.6 is 0 Å². The van der Waals surface area contributed by atoms with Gasteiger partial charge < -0.3 is 11.1 Å². The molecule has 0 radical (unpaired) electrons. The van der Waals surface area contributed by atoms with Crippen LogP contribution in [0, 0.1) is 11.6 Å². The zero-order valence-corrected chi connectivity index (χ0v) is 10.9. The standard InChI is InChI=1S/C15H14F2N2O/c1-9(11-4-2-3-5-12(11)16)19-15(20)10-6-7-14(18)13(17)8-10/h2-9H,18H2,1H3,(H,19,20)/t9-/m1/s1. The van der Waals surface area contributed by atoms with Crippen molar-refractivity contribution in [3.05, 3.63) is 65.2 Å². The van der Waals surface area contributed by atoms with Gasteiger partial charge in [-0.2, -0.15) is 0 Å². The quantitative estimate of drug-likeness (QED) is 0.847. The zero-order chi connectivity index (χ0) is 14.7. The zero-order valence-electron chi connectivity index (χ0n) is 10.9. The Labute approximate surface area is 115 Å². The second-order valence-electron chi connectivity index (χ2n) is 4.45. The number of nitrogens with two attached hydrogens (primary N) is 1. The Morgan fingerprint density at radius 1 is 1.15 bits per heavy atom. The van der Waals surface area contributed by atoms with Crippen LogP contribution in [0.3, 0.4) is 0 Å². The van der Waals surface area contributed by atoms with Gasteiger partial charge in [0.1, 0.15) is 11.6 Å². The van der Waals surface area contributed by atoms with Gasteiger partial charge in [-0.3, -0.25) is 4.79 Å². The van der Waals surface area contributed by atoms with Crippen LogP contribution in [0.2, 0.25) is 0 Å². The Morgan fingerprint density at radius 3 is 2.50 bits per heavy atom. The molecule has 0 aliphatic rings. The molecule has 2 aromatic rings. The molecule has 0 aliphatic carbocycles. The SMILES string of the molecule is C[C@@H](NC(=O)c1ccc(N)c(F)c1)c1ccccc1F. The molecule has 0 saturated carbocycles. The molecule has 3 N–H and O–H groups in total. The van der Waals surface area contributed by atoms with Crippen LogP contribution in [-0.4, -0.2) is 5.91 Å². The Kier molecular flexibility index (Phi) is 3.98.